The molecule has 0 bridgehead atoms. The molecule has 1 aliphatic rings. The van der Waals surface area contributed by atoms with E-state index in [1.807, 2.05) is 0 Å². The maximum atomic E-state index is 8.86. The maximum Gasteiger partial charge on any atom is 0.0459 e. The minimum Gasteiger partial charge on any atom is -0.396 e. The molecule has 0 aliphatic heterocycles. The number of halogens is 1. The first kappa shape index (κ1) is 8.35. The van der Waals surface area contributed by atoms with Gasteiger partial charge in [0.2, 0.25) is 0 Å². The molecule has 0 spiro atoms. The summed E-state index contributed by atoms with van der Waals surface area (Å²) in [6.45, 7) is 0.355. The average Bonchev–Trinajstić information content (AvgIpc) is 2.05. The Morgan fingerprint density at radius 2 is 2.00 bits per heavy atom. The summed E-state index contributed by atoms with van der Waals surface area (Å²) in [6, 6.07) is 0. The van der Waals surface area contributed by atoms with Gasteiger partial charge in [-0.3, -0.25) is 0 Å². The second-order valence-corrected chi connectivity index (χ2v) is 3.54. The van der Waals surface area contributed by atoms with Crippen LogP contribution in [0.1, 0.15) is 25.7 Å². The molecule has 0 radical (unpaired) electrons. The molecular weight excluding hydrogens is 148 g/mol. The van der Waals surface area contributed by atoms with Crippen molar-refractivity contribution in [3.8, 4) is 0 Å². The van der Waals surface area contributed by atoms with Gasteiger partial charge in [0.15, 0.2) is 0 Å². The molecule has 1 N–H and O–H groups in total. The van der Waals surface area contributed by atoms with E-state index in [0.29, 0.717) is 18.4 Å². The van der Waals surface area contributed by atoms with E-state index in [1.165, 1.54) is 19.3 Å². The first-order valence-corrected chi connectivity index (χ1v) is 4.57. The summed E-state index contributed by atoms with van der Waals surface area (Å²) in [6.07, 6.45) is 4.85. The molecular formula is C8H15ClO. The minimum atomic E-state index is 0.355. The highest BCUT2D eigenvalue weighted by atomic mass is 35.5. The smallest absolute Gasteiger partial charge is 0.0459 e. The number of rotatable bonds is 2. The maximum absolute atomic E-state index is 8.86. The van der Waals surface area contributed by atoms with E-state index in [0.717, 1.165) is 12.3 Å². The Morgan fingerprint density at radius 1 is 1.30 bits per heavy atom. The fourth-order valence-corrected chi connectivity index (χ4v) is 1.99. The Kier molecular flexibility index (Phi) is 3.50. The first-order valence-electron chi connectivity index (χ1n) is 4.03. The summed E-state index contributed by atoms with van der Waals surface area (Å²) >= 11 is 5.72. The predicted molar refractivity (Wildman–Crippen MR) is 43.3 cm³/mol. The molecule has 0 aromatic rings. The number of aliphatic hydroxyl groups excluding tert-OH is 1. The Bertz CT molecular complexity index is 85.3. The SMILES string of the molecule is OC[C@H]1CCC[C@@H](CCl)C1. The van der Waals surface area contributed by atoms with E-state index in [1.54, 1.807) is 0 Å². The highest BCUT2D eigenvalue weighted by Crippen LogP contribution is 2.29. The van der Waals surface area contributed by atoms with Gasteiger partial charge >= 0.3 is 0 Å². The molecule has 0 aromatic carbocycles. The number of aliphatic hydroxyl groups is 1. The van der Waals surface area contributed by atoms with Crippen LogP contribution in [0.2, 0.25) is 0 Å². The normalized spacial score (nSPS) is 34.2. The van der Waals surface area contributed by atoms with E-state index in [9.17, 15) is 0 Å². The van der Waals surface area contributed by atoms with Crippen LogP contribution < -0.4 is 0 Å². The lowest BCUT2D eigenvalue weighted by molar-refractivity contribution is 0.167. The lowest BCUT2D eigenvalue weighted by Gasteiger charge is -2.25. The van der Waals surface area contributed by atoms with Gasteiger partial charge in [-0.2, -0.15) is 0 Å². The summed E-state index contributed by atoms with van der Waals surface area (Å²) in [5.41, 5.74) is 0. The van der Waals surface area contributed by atoms with Crippen LogP contribution in [0.5, 0.6) is 0 Å². The van der Waals surface area contributed by atoms with Crippen LogP contribution in [0, 0.1) is 11.8 Å². The Morgan fingerprint density at radius 3 is 2.60 bits per heavy atom. The predicted octanol–water partition coefficient (Wildman–Crippen LogP) is 2.02. The molecule has 1 aliphatic carbocycles. The molecule has 1 fully saturated rings. The average molecular weight is 163 g/mol. The van der Waals surface area contributed by atoms with Gasteiger partial charge in [-0.1, -0.05) is 6.42 Å². The lowest BCUT2D eigenvalue weighted by atomic mass is 9.83. The van der Waals surface area contributed by atoms with Gasteiger partial charge in [-0.05, 0) is 31.1 Å². The van der Waals surface area contributed by atoms with E-state index in [2.05, 4.69) is 0 Å². The van der Waals surface area contributed by atoms with Gasteiger partial charge in [0.25, 0.3) is 0 Å². The van der Waals surface area contributed by atoms with Crippen molar-refractivity contribution in [1.82, 2.24) is 0 Å². The van der Waals surface area contributed by atoms with Crippen LogP contribution in [0.15, 0.2) is 0 Å². The van der Waals surface area contributed by atoms with Gasteiger partial charge in [0.05, 0.1) is 0 Å². The zero-order chi connectivity index (χ0) is 7.40. The third kappa shape index (κ3) is 2.14. The molecule has 0 unspecified atom stereocenters. The zero-order valence-electron chi connectivity index (χ0n) is 6.22. The van der Waals surface area contributed by atoms with Crippen LogP contribution in [0.3, 0.4) is 0 Å². The summed E-state index contributed by atoms with van der Waals surface area (Å²) in [5.74, 6) is 1.99. The first-order chi connectivity index (χ1) is 4.86. The van der Waals surface area contributed by atoms with Crippen molar-refractivity contribution in [2.75, 3.05) is 12.5 Å². The number of hydrogen-bond acceptors (Lipinski definition) is 1. The number of alkyl halides is 1. The van der Waals surface area contributed by atoms with Crippen molar-refractivity contribution >= 4 is 11.6 Å². The van der Waals surface area contributed by atoms with Gasteiger partial charge in [0.1, 0.15) is 0 Å². The molecule has 1 nitrogen and oxygen atoms in total. The molecule has 2 atom stereocenters. The van der Waals surface area contributed by atoms with E-state index >= 15 is 0 Å². The fourth-order valence-electron chi connectivity index (χ4n) is 1.71. The molecule has 0 amide bonds. The van der Waals surface area contributed by atoms with Crippen molar-refractivity contribution in [3.05, 3.63) is 0 Å². The van der Waals surface area contributed by atoms with Crippen LogP contribution >= 0.6 is 11.6 Å². The van der Waals surface area contributed by atoms with Crippen LogP contribution in [0.25, 0.3) is 0 Å². The molecule has 1 saturated carbocycles. The molecule has 0 saturated heterocycles. The summed E-state index contributed by atoms with van der Waals surface area (Å²) in [5, 5.41) is 8.86. The van der Waals surface area contributed by atoms with Crippen molar-refractivity contribution in [3.63, 3.8) is 0 Å². The Labute approximate surface area is 67.4 Å². The van der Waals surface area contributed by atoms with Gasteiger partial charge < -0.3 is 5.11 Å². The van der Waals surface area contributed by atoms with Crippen molar-refractivity contribution in [1.29, 1.82) is 0 Å². The summed E-state index contributed by atoms with van der Waals surface area (Å²) < 4.78 is 0. The summed E-state index contributed by atoms with van der Waals surface area (Å²) in [7, 11) is 0. The second kappa shape index (κ2) is 4.20. The van der Waals surface area contributed by atoms with Crippen LogP contribution in [0.4, 0.5) is 0 Å². The monoisotopic (exact) mass is 162 g/mol. The molecule has 2 heteroatoms. The largest absolute Gasteiger partial charge is 0.396 e. The lowest BCUT2D eigenvalue weighted by Crippen LogP contribution is -2.19. The third-order valence-electron chi connectivity index (χ3n) is 2.37. The van der Waals surface area contributed by atoms with Crippen molar-refractivity contribution in [2.45, 2.75) is 25.7 Å². The Hall–Kier alpha value is 0.250. The van der Waals surface area contributed by atoms with E-state index in [-0.39, 0.29) is 0 Å². The molecule has 10 heavy (non-hydrogen) atoms. The molecule has 60 valence electrons. The molecule has 1 rings (SSSR count). The second-order valence-electron chi connectivity index (χ2n) is 3.24. The third-order valence-corrected chi connectivity index (χ3v) is 2.80. The Balaban J connectivity index is 2.25. The van der Waals surface area contributed by atoms with Crippen LogP contribution in [-0.2, 0) is 0 Å². The van der Waals surface area contributed by atoms with Crippen molar-refractivity contribution in [2.24, 2.45) is 11.8 Å². The van der Waals surface area contributed by atoms with Crippen molar-refractivity contribution < 1.29 is 5.11 Å². The quantitative estimate of drug-likeness (QED) is 0.616. The van der Waals surface area contributed by atoms with Gasteiger partial charge in [0, 0.05) is 12.5 Å². The van der Waals surface area contributed by atoms with E-state index in [4.69, 9.17) is 16.7 Å². The minimum absolute atomic E-state index is 0.355. The summed E-state index contributed by atoms with van der Waals surface area (Å²) in [4.78, 5) is 0. The highest BCUT2D eigenvalue weighted by molar-refractivity contribution is 6.18. The highest BCUT2D eigenvalue weighted by Gasteiger charge is 2.19. The fraction of sp³-hybridized carbons (Fsp3) is 1.00. The topological polar surface area (TPSA) is 20.2 Å². The van der Waals surface area contributed by atoms with Gasteiger partial charge in [-0.25, -0.2) is 0 Å². The van der Waals surface area contributed by atoms with E-state index < -0.39 is 0 Å². The molecule has 0 heterocycles. The van der Waals surface area contributed by atoms with Gasteiger partial charge in [-0.15, -0.1) is 11.6 Å². The van der Waals surface area contributed by atoms with Crippen LogP contribution in [-0.4, -0.2) is 17.6 Å². The number of hydrogen-bond donors (Lipinski definition) is 1. The molecule has 0 aromatic heterocycles. The zero-order valence-corrected chi connectivity index (χ0v) is 6.98. The standard InChI is InChI=1S/C8H15ClO/c9-5-7-2-1-3-8(4-7)6-10/h7-8,10H,1-6H2/t7-,8+/m1/s1.